The van der Waals surface area contributed by atoms with E-state index in [1.807, 2.05) is 14.0 Å². The lowest BCUT2D eigenvalue weighted by molar-refractivity contribution is 0.0606. The molecule has 1 atom stereocenters. The second-order valence-electron chi connectivity index (χ2n) is 4.81. The maximum Gasteiger partial charge on any atom is 0.266 e. The first-order valence-electron chi connectivity index (χ1n) is 6.59. The Balaban J connectivity index is 2.08. The number of piperidine rings is 1. The van der Waals surface area contributed by atoms with Crippen LogP contribution in [0.3, 0.4) is 0 Å². The van der Waals surface area contributed by atoms with E-state index < -0.39 is 0 Å². The second kappa shape index (κ2) is 6.29. The van der Waals surface area contributed by atoms with E-state index >= 15 is 0 Å². The Morgan fingerprint density at radius 3 is 3.11 bits per heavy atom. The highest BCUT2D eigenvalue weighted by Crippen LogP contribution is 2.24. The summed E-state index contributed by atoms with van der Waals surface area (Å²) < 4.78 is 0. The molecule has 1 amide bonds. The third kappa shape index (κ3) is 2.90. The van der Waals surface area contributed by atoms with Crippen LogP contribution in [-0.4, -0.2) is 42.0 Å². The number of likely N-dealkylation sites (tertiary alicyclic amines) is 1. The summed E-state index contributed by atoms with van der Waals surface area (Å²) in [5.41, 5.74) is 2.62. The summed E-state index contributed by atoms with van der Waals surface area (Å²) in [7, 11) is 1.96. The fourth-order valence-corrected chi connectivity index (χ4v) is 3.27. The molecule has 2 rings (SSSR count). The molecule has 100 valence electrons. The molecule has 0 aromatic carbocycles. The van der Waals surface area contributed by atoms with Crippen molar-refractivity contribution >= 4 is 17.2 Å². The molecule has 4 nitrogen and oxygen atoms in total. The van der Waals surface area contributed by atoms with Crippen LogP contribution in [0, 0.1) is 6.92 Å². The molecule has 1 saturated heterocycles. The molecular formula is C13H21N3OS. The molecule has 1 aliphatic heterocycles. The minimum Gasteiger partial charge on any atom is -0.335 e. The van der Waals surface area contributed by atoms with Crippen LogP contribution in [0.4, 0.5) is 0 Å². The van der Waals surface area contributed by atoms with E-state index in [4.69, 9.17) is 0 Å². The molecule has 0 saturated carbocycles. The molecule has 18 heavy (non-hydrogen) atoms. The van der Waals surface area contributed by atoms with Gasteiger partial charge in [0.25, 0.3) is 5.91 Å². The molecule has 1 aromatic rings. The van der Waals surface area contributed by atoms with E-state index in [2.05, 4.69) is 15.2 Å². The van der Waals surface area contributed by atoms with Gasteiger partial charge in [0, 0.05) is 12.6 Å². The highest BCUT2D eigenvalue weighted by atomic mass is 32.1. The van der Waals surface area contributed by atoms with E-state index in [-0.39, 0.29) is 5.91 Å². The summed E-state index contributed by atoms with van der Waals surface area (Å²) in [5, 5.41) is 3.17. The molecule has 1 fully saturated rings. The van der Waals surface area contributed by atoms with Gasteiger partial charge < -0.3 is 10.2 Å². The van der Waals surface area contributed by atoms with Crippen molar-refractivity contribution in [3.8, 4) is 0 Å². The Kier molecular flexibility index (Phi) is 4.72. The Morgan fingerprint density at radius 2 is 2.44 bits per heavy atom. The van der Waals surface area contributed by atoms with Crippen LogP contribution >= 0.6 is 11.3 Å². The van der Waals surface area contributed by atoms with Crippen LogP contribution in [0.2, 0.25) is 0 Å². The average Bonchev–Trinajstić information content (AvgIpc) is 2.82. The first-order valence-corrected chi connectivity index (χ1v) is 7.47. The maximum absolute atomic E-state index is 12.5. The van der Waals surface area contributed by atoms with Crippen molar-refractivity contribution in [3.63, 3.8) is 0 Å². The molecule has 0 spiro atoms. The molecule has 1 N–H and O–H groups in total. The average molecular weight is 267 g/mol. The maximum atomic E-state index is 12.5. The first kappa shape index (κ1) is 13.5. The number of aromatic nitrogens is 1. The van der Waals surface area contributed by atoms with Gasteiger partial charge in [-0.05, 0) is 46.2 Å². The monoisotopic (exact) mass is 267 g/mol. The topological polar surface area (TPSA) is 45.2 Å². The zero-order valence-corrected chi connectivity index (χ0v) is 11.9. The minimum atomic E-state index is 0.177. The molecule has 1 unspecified atom stereocenters. The summed E-state index contributed by atoms with van der Waals surface area (Å²) in [4.78, 5) is 19.6. The van der Waals surface area contributed by atoms with Crippen LogP contribution < -0.4 is 5.32 Å². The number of hydrogen-bond donors (Lipinski definition) is 1. The summed E-state index contributed by atoms with van der Waals surface area (Å²) in [5.74, 6) is 0.177. The Bertz CT molecular complexity index is 405. The van der Waals surface area contributed by atoms with Gasteiger partial charge in [-0.25, -0.2) is 4.98 Å². The van der Waals surface area contributed by atoms with E-state index in [9.17, 15) is 4.79 Å². The molecule has 0 aliphatic carbocycles. The summed E-state index contributed by atoms with van der Waals surface area (Å²) >= 11 is 1.46. The largest absolute Gasteiger partial charge is 0.335 e. The highest BCUT2D eigenvalue weighted by molar-refractivity contribution is 7.11. The van der Waals surface area contributed by atoms with E-state index in [1.54, 1.807) is 5.51 Å². The highest BCUT2D eigenvalue weighted by Gasteiger charge is 2.28. The lowest BCUT2D eigenvalue weighted by atomic mass is 9.99. The number of thiazole rings is 1. The molecule has 5 heteroatoms. The number of nitrogens with zero attached hydrogens (tertiary/aromatic N) is 2. The Hall–Kier alpha value is -0.940. The van der Waals surface area contributed by atoms with Crippen molar-refractivity contribution in [1.82, 2.24) is 15.2 Å². The van der Waals surface area contributed by atoms with Gasteiger partial charge in [-0.15, -0.1) is 11.3 Å². The molecule has 1 aliphatic rings. The van der Waals surface area contributed by atoms with Gasteiger partial charge >= 0.3 is 0 Å². The predicted octanol–water partition coefficient (Wildman–Crippen LogP) is 2.06. The lowest BCUT2D eigenvalue weighted by Crippen LogP contribution is -2.44. The van der Waals surface area contributed by atoms with Crippen LogP contribution in [0.25, 0.3) is 0 Å². The van der Waals surface area contributed by atoms with E-state index in [0.717, 1.165) is 42.9 Å². The van der Waals surface area contributed by atoms with E-state index in [1.165, 1.54) is 17.8 Å². The van der Waals surface area contributed by atoms with Crippen molar-refractivity contribution in [2.24, 2.45) is 0 Å². The minimum absolute atomic E-state index is 0.177. The van der Waals surface area contributed by atoms with Crippen LogP contribution in [0.1, 0.15) is 41.0 Å². The van der Waals surface area contributed by atoms with Crippen molar-refractivity contribution in [2.45, 2.75) is 38.6 Å². The van der Waals surface area contributed by atoms with Crippen molar-refractivity contribution < 1.29 is 4.79 Å². The summed E-state index contributed by atoms with van der Waals surface area (Å²) in [6.07, 6.45) is 4.53. The van der Waals surface area contributed by atoms with Crippen molar-refractivity contribution in [2.75, 3.05) is 20.1 Å². The van der Waals surface area contributed by atoms with Crippen LogP contribution in [0.15, 0.2) is 5.51 Å². The van der Waals surface area contributed by atoms with Gasteiger partial charge in [-0.2, -0.15) is 0 Å². The van der Waals surface area contributed by atoms with Gasteiger partial charge in [0.1, 0.15) is 4.88 Å². The SMILES string of the molecule is CNCCC1CCCCN1C(=O)c1scnc1C. The fourth-order valence-electron chi connectivity index (χ4n) is 2.52. The Labute approximate surface area is 112 Å². The lowest BCUT2D eigenvalue weighted by Gasteiger charge is -2.35. The van der Waals surface area contributed by atoms with Gasteiger partial charge in [-0.3, -0.25) is 4.79 Å². The van der Waals surface area contributed by atoms with Gasteiger partial charge in [0.05, 0.1) is 11.2 Å². The zero-order valence-electron chi connectivity index (χ0n) is 11.1. The van der Waals surface area contributed by atoms with Gasteiger partial charge in [0.2, 0.25) is 0 Å². The quantitative estimate of drug-likeness (QED) is 0.908. The molecule has 2 heterocycles. The zero-order chi connectivity index (χ0) is 13.0. The standard InChI is InChI=1S/C13H21N3OS/c1-10-12(18-9-15-10)13(17)16-8-4-3-5-11(16)6-7-14-2/h9,11,14H,3-8H2,1-2H3. The third-order valence-electron chi connectivity index (χ3n) is 3.56. The fraction of sp³-hybridized carbons (Fsp3) is 0.692. The van der Waals surface area contributed by atoms with Crippen molar-refractivity contribution in [3.05, 3.63) is 16.1 Å². The number of carbonyl (C=O) groups excluding carboxylic acids is 1. The third-order valence-corrected chi connectivity index (χ3v) is 4.47. The molecular weight excluding hydrogens is 246 g/mol. The predicted molar refractivity (Wildman–Crippen MR) is 74.1 cm³/mol. The Morgan fingerprint density at radius 1 is 1.61 bits per heavy atom. The number of carbonyl (C=O) groups is 1. The normalized spacial score (nSPS) is 20.1. The number of nitrogens with one attached hydrogen (secondary N) is 1. The van der Waals surface area contributed by atoms with Crippen LogP contribution in [0.5, 0.6) is 0 Å². The summed E-state index contributed by atoms with van der Waals surface area (Å²) in [6, 6.07) is 0.389. The van der Waals surface area contributed by atoms with Crippen molar-refractivity contribution in [1.29, 1.82) is 0 Å². The molecule has 0 radical (unpaired) electrons. The van der Waals surface area contributed by atoms with E-state index in [0.29, 0.717) is 6.04 Å². The number of rotatable bonds is 4. The number of amides is 1. The summed E-state index contributed by atoms with van der Waals surface area (Å²) in [6.45, 7) is 3.77. The second-order valence-corrected chi connectivity index (χ2v) is 5.66. The smallest absolute Gasteiger partial charge is 0.266 e. The van der Waals surface area contributed by atoms with Gasteiger partial charge in [-0.1, -0.05) is 0 Å². The molecule has 0 bridgehead atoms. The number of hydrogen-bond acceptors (Lipinski definition) is 4. The van der Waals surface area contributed by atoms with Gasteiger partial charge in [0.15, 0.2) is 0 Å². The first-order chi connectivity index (χ1) is 8.74. The van der Waals surface area contributed by atoms with Crippen LogP contribution in [-0.2, 0) is 0 Å². The number of aryl methyl sites for hydroxylation is 1. The molecule has 1 aromatic heterocycles.